The number of hydrazone groups is 1. The summed E-state index contributed by atoms with van der Waals surface area (Å²) in [5.74, 6) is 0.589. The molecule has 3 aromatic carbocycles. The smallest absolute Gasteiger partial charge is 0.271 e. The fourth-order valence-electron chi connectivity index (χ4n) is 3.11. The van der Waals surface area contributed by atoms with Crippen molar-refractivity contribution in [2.45, 2.75) is 0 Å². The zero-order chi connectivity index (χ0) is 27.9. The van der Waals surface area contributed by atoms with Gasteiger partial charge in [0.25, 0.3) is 11.4 Å². The molecule has 0 atom stereocenters. The van der Waals surface area contributed by atoms with Crippen molar-refractivity contribution in [2.24, 2.45) is 5.10 Å². The number of hydrogen-bond donors (Lipinski definition) is 4. The van der Waals surface area contributed by atoms with Gasteiger partial charge in [0.2, 0.25) is 17.8 Å². The molecule has 0 aliphatic heterocycles. The Balaban J connectivity index is 1.61. The van der Waals surface area contributed by atoms with Crippen LogP contribution in [0.1, 0.15) is 5.56 Å². The average molecular weight is 596 g/mol. The number of anilines is 5. The van der Waals surface area contributed by atoms with Crippen LogP contribution in [0.5, 0.6) is 11.5 Å². The van der Waals surface area contributed by atoms with Crippen molar-refractivity contribution in [1.82, 2.24) is 15.0 Å². The first-order valence-electron chi connectivity index (χ1n) is 10.9. The van der Waals surface area contributed by atoms with E-state index >= 15 is 0 Å². The van der Waals surface area contributed by atoms with Gasteiger partial charge in [-0.05, 0) is 52.3 Å². The second kappa shape index (κ2) is 11.8. The lowest BCUT2D eigenvalue weighted by molar-refractivity contribution is -0.385. The van der Waals surface area contributed by atoms with Crippen molar-refractivity contribution >= 4 is 62.7 Å². The second-order valence-corrected chi connectivity index (χ2v) is 8.44. The van der Waals surface area contributed by atoms with Gasteiger partial charge in [0.05, 0.1) is 27.6 Å². The predicted molar refractivity (Wildman–Crippen MR) is 146 cm³/mol. The first-order valence-corrected chi connectivity index (χ1v) is 11.7. The number of non-ortho nitro benzene ring substituents is 2. The zero-order valence-electron chi connectivity index (χ0n) is 19.9. The number of nitro benzene ring substituents is 2. The van der Waals surface area contributed by atoms with Crippen LogP contribution in [0.25, 0.3) is 0 Å². The predicted octanol–water partition coefficient (Wildman–Crippen LogP) is 5.10. The molecule has 4 rings (SSSR count). The monoisotopic (exact) mass is 595 g/mol. The normalized spacial score (nSPS) is 10.7. The van der Waals surface area contributed by atoms with Gasteiger partial charge in [-0.2, -0.15) is 20.1 Å². The van der Waals surface area contributed by atoms with Gasteiger partial charge in [-0.25, -0.2) is 5.43 Å². The van der Waals surface area contributed by atoms with Crippen molar-refractivity contribution in [3.63, 3.8) is 0 Å². The molecule has 16 heteroatoms. The van der Waals surface area contributed by atoms with Gasteiger partial charge in [-0.3, -0.25) is 20.2 Å². The molecular weight excluding hydrogens is 578 g/mol. The summed E-state index contributed by atoms with van der Waals surface area (Å²) >= 11 is 3.07. The lowest BCUT2D eigenvalue weighted by Gasteiger charge is -2.10. The molecule has 0 saturated heterocycles. The molecule has 0 saturated carbocycles. The van der Waals surface area contributed by atoms with Gasteiger partial charge >= 0.3 is 0 Å². The topological polar surface area (TPSA) is 203 Å². The average Bonchev–Trinajstić information content (AvgIpc) is 2.91. The third kappa shape index (κ3) is 6.89. The summed E-state index contributed by atoms with van der Waals surface area (Å²) in [4.78, 5) is 33.8. The summed E-state index contributed by atoms with van der Waals surface area (Å²) in [5.41, 5.74) is 3.46. The number of hydrogen-bond acceptors (Lipinski definition) is 13. The van der Waals surface area contributed by atoms with Gasteiger partial charge in [-0.1, -0.05) is 0 Å². The molecule has 0 radical (unpaired) electrons. The summed E-state index contributed by atoms with van der Waals surface area (Å²) < 4.78 is 5.28. The van der Waals surface area contributed by atoms with Crippen LogP contribution in [-0.2, 0) is 0 Å². The number of nitrogens with one attached hydrogen (secondary N) is 3. The van der Waals surface area contributed by atoms with Crippen LogP contribution < -0.4 is 20.8 Å². The highest BCUT2D eigenvalue weighted by molar-refractivity contribution is 9.10. The molecule has 1 heterocycles. The number of aromatic nitrogens is 3. The highest BCUT2D eigenvalue weighted by atomic mass is 79.9. The van der Waals surface area contributed by atoms with Crippen LogP contribution in [0.3, 0.4) is 0 Å². The molecule has 1 aromatic heterocycles. The van der Waals surface area contributed by atoms with Gasteiger partial charge in [0.15, 0.2) is 0 Å². The summed E-state index contributed by atoms with van der Waals surface area (Å²) in [5, 5.41) is 42.2. The third-order valence-corrected chi connectivity index (χ3v) is 5.58. The number of phenolic OH excluding ortho intramolecular Hbond substituents is 1. The number of halogens is 1. The number of aromatic hydroxyl groups is 1. The van der Waals surface area contributed by atoms with E-state index in [1.165, 1.54) is 30.3 Å². The van der Waals surface area contributed by atoms with Gasteiger partial charge in [0, 0.05) is 41.2 Å². The third-order valence-electron chi connectivity index (χ3n) is 4.97. The molecule has 198 valence electrons. The van der Waals surface area contributed by atoms with E-state index in [9.17, 15) is 25.3 Å². The molecule has 15 nitrogen and oxygen atoms in total. The van der Waals surface area contributed by atoms with E-state index in [1.807, 2.05) is 0 Å². The molecule has 0 amide bonds. The Morgan fingerprint density at radius 1 is 0.872 bits per heavy atom. The summed E-state index contributed by atoms with van der Waals surface area (Å²) in [6, 6.07) is 14.9. The Hall–Kier alpha value is -5.38. The molecule has 0 aliphatic carbocycles. The van der Waals surface area contributed by atoms with Crippen LogP contribution in [0.2, 0.25) is 0 Å². The highest BCUT2D eigenvalue weighted by Crippen LogP contribution is 2.31. The summed E-state index contributed by atoms with van der Waals surface area (Å²) in [7, 11) is 1.55. The van der Waals surface area contributed by atoms with Crippen molar-refractivity contribution in [3.8, 4) is 11.5 Å². The number of rotatable bonds is 10. The molecule has 0 bridgehead atoms. The van der Waals surface area contributed by atoms with E-state index in [4.69, 9.17) is 4.74 Å². The minimum absolute atomic E-state index is 0.0225. The summed E-state index contributed by atoms with van der Waals surface area (Å²) in [6.45, 7) is 0. The van der Waals surface area contributed by atoms with Crippen LogP contribution in [0.4, 0.5) is 40.6 Å². The van der Waals surface area contributed by atoms with E-state index < -0.39 is 9.85 Å². The zero-order valence-corrected chi connectivity index (χ0v) is 21.5. The second-order valence-electron chi connectivity index (χ2n) is 7.58. The van der Waals surface area contributed by atoms with Gasteiger partial charge in [0.1, 0.15) is 11.5 Å². The summed E-state index contributed by atoms with van der Waals surface area (Å²) in [6.07, 6.45) is 1.16. The standard InChI is InChI=1S/C23H18BrN9O6/c1-39-18-8-4-15(5-9-18)27-22-28-21(26-14-2-6-16(7-3-14)32(35)36)29-23(30-22)31-25-12-13-10-17(33(37)38)11-19(24)20(13)34/h2-12,34H,1H3,(H3,26,27,28,29,30,31). The van der Waals surface area contributed by atoms with Crippen LogP contribution in [0.15, 0.2) is 70.2 Å². The minimum atomic E-state index is -0.603. The SMILES string of the molecule is COc1ccc(Nc2nc(NN=Cc3cc([N+](=O)[O-])cc(Br)c3O)nc(Nc3ccc([N+](=O)[O-])cc3)n2)cc1. The molecule has 4 aromatic rings. The fourth-order valence-corrected chi connectivity index (χ4v) is 3.57. The first-order chi connectivity index (χ1) is 18.7. The van der Waals surface area contributed by atoms with E-state index in [2.05, 4.69) is 52.0 Å². The lowest BCUT2D eigenvalue weighted by Crippen LogP contribution is -2.07. The maximum atomic E-state index is 11.1. The number of benzene rings is 3. The van der Waals surface area contributed by atoms with Crippen LogP contribution in [-0.4, -0.2) is 43.2 Å². The molecule has 0 spiro atoms. The Labute approximate surface area is 228 Å². The van der Waals surface area contributed by atoms with Crippen LogP contribution >= 0.6 is 15.9 Å². The quantitative estimate of drug-likeness (QED) is 0.107. The number of ether oxygens (including phenoxy) is 1. The Kier molecular flexibility index (Phi) is 8.06. The number of nitro groups is 2. The highest BCUT2D eigenvalue weighted by Gasteiger charge is 2.14. The van der Waals surface area contributed by atoms with Crippen molar-refractivity contribution < 1.29 is 19.7 Å². The fraction of sp³-hybridized carbons (Fsp3) is 0.0435. The number of methoxy groups -OCH3 is 1. The Morgan fingerprint density at radius 2 is 1.41 bits per heavy atom. The lowest BCUT2D eigenvalue weighted by atomic mass is 10.2. The molecule has 0 unspecified atom stereocenters. The van der Waals surface area contributed by atoms with E-state index in [1.54, 1.807) is 31.4 Å². The van der Waals surface area contributed by atoms with Gasteiger partial charge < -0.3 is 20.5 Å². The molecule has 0 fully saturated rings. The molecule has 4 N–H and O–H groups in total. The number of nitrogens with zero attached hydrogens (tertiary/aromatic N) is 6. The van der Waals surface area contributed by atoms with Crippen molar-refractivity contribution in [3.05, 3.63) is 90.9 Å². The minimum Gasteiger partial charge on any atom is -0.506 e. The van der Waals surface area contributed by atoms with Crippen molar-refractivity contribution in [1.29, 1.82) is 0 Å². The maximum Gasteiger partial charge on any atom is 0.271 e. The maximum absolute atomic E-state index is 11.1. The molecular formula is C23H18BrN9O6. The largest absolute Gasteiger partial charge is 0.506 e. The van der Waals surface area contributed by atoms with E-state index in [-0.39, 0.29) is 45.0 Å². The molecule has 39 heavy (non-hydrogen) atoms. The Bertz CT molecular complexity index is 1550. The van der Waals surface area contributed by atoms with Gasteiger partial charge in [-0.15, -0.1) is 0 Å². The Morgan fingerprint density at radius 3 is 1.95 bits per heavy atom. The van der Waals surface area contributed by atoms with Crippen molar-refractivity contribution in [2.75, 3.05) is 23.2 Å². The van der Waals surface area contributed by atoms with Crippen LogP contribution in [0, 0.1) is 20.2 Å². The number of phenols is 1. The molecule has 0 aliphatic rings. The first kappa shape index (κ1) is 26.7. The van der Waals surface area contributed by atoms with E-state index in [0.29, 0.717) is 17.1 Å². The van der Waals surface area contributed by atoms with E-state index in [0.717, 1.165) is 12.3 Å².